The molecule has 3 aromatic heterocycles. The van der Waals surface area contributed by atoms with E-state index in [1.165, 1.54) is 18.3 Å². The third-order valence-electron chi connectivity index (χ3n) is 4.37. The van der Waals surface area contributed by atoms with Crippen molar-refractivity contribution in [1.29, 1.82) is 0 Å². The summed E-state index contributed by atoms with van der Waals surface area (Å²) in [6.45, 7) is 6.93. The third-order valence-corrected chi connectivity index (χ3v) is 5.27. The highest BCUT2D eigenvalue weighted by Crippen LogP contribution is 2.17. The molecular weight excluding hydrogens is 352 g/mol. The number of nitrogens with zero attached hydrogens (tertiary/aromatic N) is 5. The molecule has 8 nitrogen and oxygen atoms in total. The molecule has 1 N–H and O–H groups in total. The van der Waals surface area contributed by atoms with Gasteiger partial charge in [0.05, 0.1) is 30.2 Å². The zero-order chi connectivity index (χ0) is 18.3. The Kier molecular flexibility index (Phi) is 4.33. The number of thiazole rings is 1. The maximum atomic E-state index is 12.2. The minimum Gasteiger partial charge on any atom is -0.351 e. The van der Waals surface area contributed by atoms with E-state index in [0.717, 1.165) is 46.6 Å². The summed E-state index contributed by atoms with van der Waals surface area (Å²) in [7, 11) is 0. The smallest absolute Gasteiger partial charge is 0.258 e. The van der Waals surface area contributed by atoms with E-state index in [1.54, 1.807) is 10.5 Å². The molecule has 0 spiro atoms. The Balaban J connectivity index is 1.49. The Morgan fingerprint density at radius 1 is 1.31 bits per heavy atom. The number of carbonyl (C=O) groups is 1. The van der Waals surface area contributed by atoms with Gasteiger partial charge in [-0.25, -0.2) is 4.98 Å². The highest BCUT2D eigenvalue weighted by atomic mass is 32.1. The van der Waals surface area contributed by atoms with E-state index in [4.69, 9.17) is 0 Å². The van der Waals surface area contributed by atoms with Crippen molar-refractivity contribution >= 4 is 22.2 Å². The summed E-state index contributed by atoms with van der Waals surface area (Å²) in [5, 5.41) is 7.30. The lowest BCUT2D eigenvalue weighted by Crippen LogP contribution is -2.34. The van der Waals surface area contributed by atoms with Crippen molar-refractivity contribution in [2.75, 3.05) is 6.54 Å². The number of nitrogens with one attached hydrogen (secondary N) is 1. The lowest BCUT2D eigenvalue weighted by Gasteiger charge is -2.27. The highest BCUT2D eigenvalue weighted by Gasteiger charge is 2.19. The minimum absolute atomic E-state index is 0.0333. The first-order valence-electron chi connectivity index (χ1n) is 8.49. The van der Waals surface area contributed by atoms with E-state index in [1.807, 2.05) is 23.9 Å². The number of carbonyl (C=O) groups excluding carboxylic acids is 1. The molecule has 136 valence electrons. The van der Waals surface area contributed by atoms with Gasteiger partial charge in [-0.05, 0) is 13.0 Å². The zero-order valence-electron chi connectivity index (χ0n) is 14.7. The Bertz CT molecular complexity index is 1030. The van der Waals surface area contributed by atoms with Crippen LogP contribution in [0.25, 0.3) is 4.96 Å². The fraction of sp³-hybridized carbons (Fsp3) is 0.412. The zero-order valence-corrected chi connectivity index (χ0v) is 15.5. The number of amides is 1. The van der Waals surface area contributed by atoms with Crippen LogP contribution >= 0.6 is 11.3 Å². The molecule has 0 saturated carbocycles. The number of aryl methyl sites for hydroxylation is 1. The average molecular weight is 372 g/mol. The molecule has 4 heterocycles. The second-order valence-electron chi connectivity index (χ2n) is 6.55. The van der Waals surface area contributed by atoms with Crippen molar-refractivity contribution in [2.24, 2.45) is 0 Å². The fourth-order valence-corrected chi connectivity index (χ4v) is 4.03. The number of fused-ring (bicyclic) bond motifs is 2. The first-order valence-corrected chi connectivity index (χ1v) is 9.31. The third kappa shape index (κ3) is 3.40. The van der Waals surface area contributed by atoms with Gasteiger partial charge in [-0.15, -0.1) is 11.3 Å². The fourth-order valence-electron chi connectivity index (χ4n) is 3.18. The van der Waals surface area contributed by atoms with Gasteiger partial charge in [-0.1, -0.05) is 0 Å². The van der Waals surface area contributed by atoms with Gasteiger partial charge >= 0.3 is 0 Å². The summed E-state index contributed by atoms with van der Waals surface area (Å²) in [6.07, 6.45) is 1.83. The molecule has 0 aliphatic carbocycles. The molecule has 9 heteroatoms. The molecule has 26 heavy (non-hydrogen) atoms. The monoisotopic (exact) mass is 372 g/mol. The summed E-state index contributed by atoms with van der Waals surface area (Å²) < 4.78 is 3.59. The van der Waals surface area contributed by atoms with Crippen molar-refractivity contribution in [2.45, 2.75) is 40.0 Å². The summed E-state index contributed by atoms with van der Waals surface area (Å²) in [6, 6.07) is 3.64. The maximum Gasteiger partial charge on any atom is 0.258 e. The SMILES string of the molecule is CC(=O)NCc1cc2n(n1)CCN(Cc1cc(=O)n3cc(C)sc3n1)C2. The number of aromatic nitrogens is 4. The summed E-state index contributed by atoms with van der Waals surface area (Å²) in [4.78, 5) is 32.0. The van der Waals surface area contributed by atoms with Gasteiger partial charge in [-0.2, -0.15) is 5.10 Å². The molecule has 0 bridgehead atoms. The molecule has 0 saturated heterocycles. The van der Waals surface area contributed by atoms with Crippen LogP contribution in [0.1, 0.15) is 28.9 Å². The van der Waals surface area contributed by atoms with Gasteiger partial charge in [0.15, 0.2) is 4.96 Å². The van der Waals surface area contributed by atoms with Crippen LogP contribution in [0.2, 0.25) is 0 Å². The first-order chi connectivity index (χ1) is 12.5. The van der Waals surface area contributed by atoms with Crippen LogP contribution < -0.4 is 10.9 Å². The topological polar surface area (TPSA) is 84.5 Å². The molecular formula is C17H20N6O2S. The number of hydrogen-bond acceptors (Lipinski definition) is 6. The summed E-state index contributed by atoms with van der Waals surface area (Å²) >= 11 is 1.53. The van der Waals surface area contributed by atoms with E-state index in [0.29, 0.717) is 13.1 Å². The normalized spacial score (nSPS) is 14.5. The Morgan fingerprint density at radius 3 is 2.96 bits per heavy atom. The molecule has 4 rings (SSSR count). The van der Waals surface area contributed by atoms with Crippen molar-refractivity contribution in [3.8, 4) is 0 Å². The maximum absolute atomic E-state index is 12.2. The van der Waals surface area contributed by atoms with Gasteiger partial charge in [0, 0.05) is 43.7 Å². The molecule has 1 aliphatic heterocycles. The van der Waals surface area contributed by atoms with Crippen LogP contribution in [0.3, 0.4) is 0 Å². The minimum atomic E-state index is -0.0610. The van der Waals surface area contributed by atoms with E-state index in [9.17, 15) is 9.59 Å². The van der Waals surface area contributed by atoms with Gasteiger partial charge in [0.2, 0.25) is 5.91 Å². The van der Waals surface area contributed by atoms with Crippen LogP contribution in [-0.4, -0.2) is 36.5 Å². The Morgan fingerprint density at radius 2 is 2.15 bits per heavy atom. The molecule has 0 atom stereocenters. The highest BCUT2D eigenvalue weighted by molar-refractivity contribution is 7.16. The quantitative estimate of drug-likeness (QED) is 0.736. The Hall–Kier alpha value is -2.52. The van der Waals surface area contributed by atoms with Crippen LogP contribution in [0.5, 0.6) is 0 Å². The number of rotatable bonds is 4. The second-order valence-corrected chi connectivity index (χ2v) is 7.76. The van der Waals surface area contributed by atoms with Crippen LogP contribution in [0.4, 0.5) is 0 Å². The van der Waals surface area contributed by atoms with Gasteiger partial charge < -0.3 is 5.32 Å². The van der Waals surface area contributed by atoms with Gasteiger partial charge in [0.25, 0.3) is 5.56 Å². The molecule has 3 aromatic rings. The van der Waals surface area contributed by atoms with E-state index < -0.39 is 0 Å². The molecule has 0 aromatic carbocycles. The predicted octanol–water partition coefficient (Wildman–Crippen LogP) is 0.913. The predicted molar refractivity (Wildman–Crippen MR) is 97.9 cm³/mol. The molecule has 0 unspecified atom stereocenters. The van der Waals surface area contributed by atoms with E-state index in [-0.39, 0.29) is 11.5 Å². The van der Waals surface area contributed by atoms with E-state index in [2.05, 4.69) is 20.3 Å². The molecule has 0 radical (unpaired) electrons. The Labute approximate surface area is 154 Å². The lowest BCUT2D eigenvalue weighted by molar-refractivity contribution is -0.119. The van der Waals surface area contributed by atoms with Crippen LogP contribution in [0.15, 0.2) is 23.1 Å². The molecule has 1 aliphatic rings. The number of hydrogen-bond donors (Lipinski definition) is 1. The van der Waals surface area contributed by atoms with E-state index >= 15 is 0 Å². The standard InChI is InChI=1S/C17H20N6O2S/c1-11-8-22-16(25)6-14(19-17(22)26-11)9-21-3-4-23-15(10-21)5-13(20-23)7-18-12(2)24/h5-6,8H,3-4,7,9-10H2,1-2H3,(H,18,24). The second kappa shape index (κ2) is 6.65. The molecule has 1 amide bonds. The van der Waals surface area contributed by atoms with Crippen molar-refractivity contribution in [1.82, 2.24) is 29.4 Å². The summed E-state index contributed by atoms with van der Waals surface area (Å²) in [5.41, 5.74) is 2.74. The first kappa shape index (κ1) is 16.9. The van der Waals surface area contributed by atoms with Crippen molar-refractivity contribution in [3.05, 3.63) is 50.6 Å². The van der Waals surface area contributed by atoms with Gasteiger partial charge in [0.1, 0.15) is 0 Å². The van der Waals surface area contributed by atoms with Crippen LogP contribution in [0, 0.1) is 6.92 Å². The lowest BCUT2D eigenvalue weighted by atomic mass is 10.2. The van der Waals surface area contributed by atoms with Gasteiger partial charge in [-0.3, -0.25) is 23.6 Å². The average Bonchev–Trinajstić information content (AvgIpc) is 3.15. The van der Waals surface area contributed by atoms with Crippen molar-refractivity contribution < 1.29 is 4.79 Å². The van der Waals surface area contributed by atoms with Crippen LogP contribution in [-0.2, 0) is 31.0 Å². The van der Waals surface area contributed by atoms with Crippen molar-refractivity contribution in [3.63, 3.8) is 0 Å². The molecule has 0 fully saturated rings. The largest absolute Gasteiger partial charge is 0.351 e. The summed E-state index contributed by atoms with van der Waals surface area (Å²) in [5.74, 6) is -0.0610.